The molecule has 0 N–H and O–H groups in total. The fraction of sp³-hybridized carbons (Fsp3) is 0.476. The molecule has 1 amide bonds. The van der Waals surface area contributed by atoms with E-state index in [4.69, 9.17) is 14.5 Å². The lowest BCUT2D eigenvalue weighted by atomic mass is 10.2. The van der Waals surface area contributed by atoms with Crippen molar-refractivity contribution in [3.8, 4) is 5.75 Å². The molecule has 0 atom stereocenters. The average molecular weight is 430 g/mol. The molecule has 0 bridgehead atoms. The van der Waals surface area contributed by atoms with E-state index >= 15 is 0 Å². The number of ether oxygens (including phenoxy) is 2. The number of nitrogens with zero attached hydrogens (tertiary/aromatic N) is 5. The Morgan fingerprint density at radius 2 is 2.13 bits per heavy atom. The predicted molar refractivity (Wildman–Crippen MR) is 118 cm³/mol. The second-order valence-corrected chi connectivity index (χ2v) is 8.31. The molecule has 2 aromatic heterocycles. The Labute approximate surface area is 180 Å². The number of rotatable bonds is 7. The van der Waals surface area contributed by atoms with E-state index in [1.165, 1.54) is 11.3 Å². The maximum absolute atomic E-state index is 13.4. The van der Waals surface area contributed by atoms with Gasteiger partial charge < -0.3 is 9.47 Å². The standard InChI is InChI=1S/C21H27N5O3S/c1-4-29-16-5-6-17-18(13-16)30-21(22-17)26(8-7-25-9-11-28-12-10-25)20(27)19-15(2)14-24(3)23-19/h5-6,13-14H,4,7-12H2,1-3H3. The molecular formula is C21H27N5O3S. The van der Waals surface area contributed by atoms with E-state index in [1.54, 1.807) is 9.58 Å². The van der Waals surface area contributed by atoms with Gasteiger partial charge in [0, 0.05) is 45.0 Å². The van der Waals surface area contributed by atoms with Crippen LogP contribution in [0, 0.1) is 6.92 Å². The first-order chi connectivity index (χ1) is 14.5. The lowest BCUT2D eigenvalue weighted by Crippen LogP contribution is -2.43. The van der Waals surface area contributed by atoms with Crippen LogP contribution in [0.25, 0.3) is 10.2 Å². The smallest absolute Gasteiger partial charge is 0.280 e. The van der Waals surface area contributed by atoms with E-state index in [1.807, 2.05) is 45.3 Å². The SMILES string of the molecule is CCOc1ccc2nc(N(CCN3CCOCC3)C(=O)c3nn(C)cc3C)sc2c1. The molecule has 1 saturated heterocycles. The quantitative estimate of drug-likeness (QED) is 0.575. The van der Waals surface area contributed by atoms with Crippen LogP contribution in [0.4, 0.5) is 5.13 Å². The maximum atomic E-state index is 13.4. The van der Waals surface area contributed by atoms with Gasteiger partial charge in [0.2, 0.25) is 0 Å². The summed E-state index contributed by atoms with van der Waals surface area (Å²) in [5.74, 6) is 0.692. The molecule has 4 rings (SSSR count). The molecule has 1 aliphatic rings. The Bertz CT molecular complexity index is 1020. The fourth-order valence-electron chi connectivity index (χ4n) is 3.56. The van der Waals surface area contributed by atoms with Crippen molar-refractivity contribution in [2.45, 2.75) is 13.8 Å². The second-order valence-electron chi connectivity index (χ2n) is 7.30. The molecule has 1 fully saturated rings. The molecule has 9 heteroatoms. The first-order valence-electron chi connectivity index (χ1n) is 10.2. The predicted octanol–water partition coefficient (Wildman–Crippen LogP) is 2.72. The number of amides is 1. The Balaban J connectivity index is 1.64. The van der Waals surface area contributed by atoms with Gasteiger partial charge in [-0.15, -0.1) is 0 Å². The minimum Gasteiger partial charge on any atom is -0.494 e. The number of carbonyl (C=O) groups excluding carboxylic acids is 1. The van der Waals surface area contributed by atoms with Crippen LogP contribution in [0.1, 0.15) is 23.0 Å². The van der Waals surface area contributed by atoms with Crippen molar-refractivity contribution in [1.82, 2.24) is 19.7 Å². The molecule has 8 nitrogen and oxygen atoms in total. The number of morpholine rings is 1. The number of benzene rings is 1. The molecule has 3 heterocycles. The summed E-state index contributed by atoms with van der Waals surface area (Å²) in [6, 6.07) is 5.84. The van der Waals surface area contributed by atoms with E-state index in [0.29, 0.717) is 24.0 Å². The molecule has 1 aromatic carbocycles. The number of aryl methyl sites for hydroxylation is 2. The van der Waals surface area contributed by atoms with Gasteiger partial charge in [-0.05, 0) is 32.0 Å². The van der Waals surface area contributed by atoms with Gasteiger partial charge in [-0.2, -0.15) is 5.10 Å². The summed E-state index contributed by atoms with van der Waals surface area (Å²) >= 11 is 1.50. The average Bonchev–Trinajstić information content (AvgIpc) is 3.31. The lowest BCUT2D eigenvalue weighted by molar-refractivity contribution is 0.0391. The normalized spacial score (nSPS) is 14.9. The van der Waals surface area contributed by atoms with Gasteiger partial charge >= 0.3 is 0 Å². The highest BCUT2D eigenvalue weighted by Crippen LogP contribution is 2.32. The summed E-state index contributed by atoms with van der Waals surface area (Å²) in [7, 11) is 1.83. The first kappa shape index (κ1) is 20.8. The van der Waals surface area contributed by atoms with Crippen LogP contribution in [0.5, 0.6) is 5.75 Å². The van der Waals surface area contributed by atoms with Crippen LogP contribution in [-0.2, 0) is 11.8 Å². The number of hydrogen-bond acceptors (Lipinski definition) is 7. The van der Waals surface area contributed by atoms with Crippen molar-refractivity contribution < 1.29 is 14.3 Å². The number of hydrogen-bond donors (Lipinski definition) is 0. The Hall–Kier alpha value is -2.49. The molecule has 0 radical (unpaired) electrons. The number of carbonyl (C=O) groups is 1. The summed E-state index contributed by atoms with van der Waals surface area (Å²) < 4.78 is 13.7. The second kappa shape index (κ2) is 9.11. The number of anilines is 1. The largest absolute Gasteiger partial charge is 0.494 e. The van der Waals surface area contributed by atoms with Crippen molar-refractivity contribution >= 4 is 32.6 Å². The molecule has 0 aliphatic carbocycles. The van der Waals surface area contributed by atoms with Crippen molar-refractivity contribution in [2.75, 3.05) is 50.9 Å². The Kier molecular flexibility index (Phi) is 6.31. The van der Waals surface area contributed by atoms with Crippen molar-refractivity contribution in [2.24, 2.45) is 7.05 Å². The topological polar surface area (TPSA) is 72.7 Å². The zero-order chi connectivity index (χ0) is 21.1. The highest BCUT2D eigenvalue weighted by Gasteiger charge is 2.26. The number of thiazole rings is 1. The minimum atomic E-state index is -0.120. The van der Waals surface area contributed by atoms with Gasteiger partial charge in [0.1, 0.15) is 5.75 Å². The summed E-state index contributed by atoms with van der Waals surface area (Å²) in [6.07, 6.45) is 1.86. The zero-order valence-corrected chi connectivity index (χ0v) is 18.4. The Morgan fingerprint density at radius 3 is 2.83 bits per heavy atom. The van der Waals surface area contributed by atoms with Crippen LogP contribution >= 0.6 is 11.3 Å². The van der Waals surface area contributed by atoms with Gasteiger partial charge in [0.05, 0.1) is 30.0 Å². The highest BCUT2D eigenvalue weighted by atomic mass is 32.1. The molecular weight excluding hydrogens is 402 g/mol. The molecule has 0 unspecified atom stereocenters. The minimum absolute atomic E-state index is 0.120. The third-order valence-corrected chi connectivity index (χ3v) is 6.13. The summed E-state index contributed by atoms with van der Waals surface area (Å²) in [4.78, 5) is 22.3. The molecule has 160 valence electrons. The van der Waals surface area contributed by atoms with Gasteiger partial charge in [0.15, 0.2) is 10.8 Å². The third-order valence-electron chi connectivity index (χ3n) is 5.09. The molecule has 3 aromatic rings. The molecule has 1 aliphatic heterocycles. The van der Waals surface area contributed by atoms with Crippen LogP contribution in [0.3, 0.4) is 0 Å². The number of aromatic nitrogens is 3. The van der Waals surface area contributed by atoms with Crippen LogP contribution in [-0.4, -0.2) is 71.6 Å². The Morgan fingerprint density at radius 1 is 1.33 bits per heavy atom. The maximum Gasteiger partial charge on any atom is 0.280 e. The molecule has 30 heavy (non-hydrogen) atoms. The van der Waals surface area contributed by atoms with Gasteiger partial charge in [-0.25, -0.2) is 4.98 Å². The zero-order valence-electron chi connectivity index (χ0n) is 17.6. The van der Waals surface area contributed by atoms with E-state index in [9.17, 15) is 4.79 Å². The first-order valence-corrected chi connectivity index (χ1v) is 11.0. The molecule has 0 saturated carbocycles. The van der Waals surface area contributed by atoms with Gasteiger partial charge in [-0.1, -0.05) is 11.3 Å². The van der Waals surface area contributed by atoms with Crippen LogP contribution < -0.4 is 9.64 Å². The number of fused-ring (bicyclic) bond motifs is 1. The lowest BCUT2D eigenvalue weighted by Gasteiger charge is -2.29. The molecule has 0 spiro atoms. The van der Waals surface area contributed by atoms with Crippen molar-refractivity contribution in [1.29, 1.82) is 0 Å². The van der Waals surface area contributed by atoms with E-state index in [2.05, 4.69) is 10.00 Å². The third kappa shape index (κ3) is 4.48. The fourth-order valence-corrected chi connectivity index (χ4v) is 4.58. The van der Waals surface area contributed by atoms with E-state index < -0.39 is 0 Å². The highest BCUT2D eigenvalue weighted by molar-refractivity contribution is 7.22. The van der Waals surface area contributed by atoms with Crippen LogP contribution in [0.15, 0.2) is 24.4 Å². The summed E-state index contributed by atoms with van der Waals surface area (Å²) in [6.45, 7) is 9.01. The van der Waals surface area contributed by atoms with E-state index in [-0.39, 0.29) is 5.91 Å². The van der Waals surface area contributed by atoms with Crippen molar-refractivity contribution in [3.63, 3.8) is 0 Å². The monoisotopic (exact) mass is 429 g/mol. The summed E-state index contributed by atoms with van der Waals surface area (Å²) in [5.41, 5.74) is 2.19. The van der Waals surface area contributed by atoms with Gasteiger partial charge in [0.25, 0.3) is 5.91 Å². The van der Waals surface area contributed by atoms with E-state index in [0.717, 1.165) is 54.4 Å². The van der Waals surface area contributed by atoms with Crippen LogP contribution in [0.2, 0.25) is 0 Å². The van der Waals surface area contributed by atoms with Crippen molar-refractivity contribution in [3.05, 3.63) is 35.7 Å². The van der Waals surface area contributed by atoms with Gasteiger partial charge in [-0.3, -0.25) is 19.3 Å². The summed E-state index contributed by atoms with van der Waals surface area (Å²) in [5, 5.41) is 5.07.